The molecule has 0 bridgehead atoms. The van der Waals surface area contributed by atoms with Gasteiger partial charge in [0.25, 0.3) is 5.91 Å². The van der Waals surface area contributed by atoms with Gasteiger partial charge in [0, 0.05) is 17.7 Å². The number of hydrogen-bond donors (Lipinski definition) is 2. The average Bonchev–Trinajstić information content (AvgIpc) is 3.40. The van der Waals surface area contributed by atoms with Gasteiger partial charge in [-0.1, -0.05) is 36.4 Å². The molecule has 7 nitrogen and oxygen atoms in total. The summed E-state index contributed by atoms with van der Waals surface area (Å²) in [5, 5.41) is 7.12. The number of sulfonamides is 1. The van der Waals surface area contributed by atoms with Crippen LogP contribution < -0.4 is 10.0 Å². The molecule has 150 valence electrons. The Labute approximate surface area is 169 Å². The smallest absolute Gasteiger partial charge is 0.257 e. The van der Waals surface area contributed by atoms with Crippen LogP contribution in [0.4, 0.5) is 5.82 Å². The van der Waals surface area contributed by atoms with Gasteiger partial charge in [-0.15, -0.1) is 0 Å². The molecule has 8 heteroatoms. The van der Waals surface area contributed by atoms with Crippen LogP contribution in [0, 0.1) is 6.92 Å². The van der Waals surface area contributed by atoms with Gasteiger partial charge in [-0.3, -0.25) is 4.79 Å². The van der Waals surface area contributed by atoms with Gasteiger partial charge in [0.1, 0.15) is 5.82 Å². The summed E-state index contributed by atoms with van der Waals surface area (Å²) in [5.41, 5.74) is 2.07. The molecule has 2 aromatic carbocycles. The molecule has 1 aromatic heterocycles. The second-order valence-electron chi connectivity index (χ2n) is 7.19. The second kappa shape index (κ2) is 7.81. The van der Waals surface area contributed by atoms with Gasteiger partial charge in [-0.05, 0) is 43.0 Å². The Morgan fingerprint density at radius 2 is 1.90 bits per heavy atom. The average molecular weight is 410 g/mol. The van der Waals surface area contributed by atoms with Crippen LogP contribution in [0.5, 0.6) is 0 Å². The van der Waals surface area contributed by atoms with Gasteiger partial charge in [0.2, 0.25) is 10.0 Å². The van der Waals surface area contributed by atoms with E-state index in [0.29, 0.717) is 23.5 Å². The maximum atomic E-state index is 12.9. The van der Waals surface area contributed by atoms with E-state index in [0.717, 1.165) is 18.4 Å². The van der Waals surface area contributed by atoms with Crippen LogP contribution in [0.3, 0.4) is 0 Å². The highest BCUT2D eigenvalue weighted by Gasteiger charge is 2.28. The van der Waals surface area contributed by atoms with E-state index in [1.807, 2.05) is 30.3 Å². The van der Waals surface area contributed by atoms with Crippen molar-refractivity contribution in [2.75, 3.05) is 5.32 Å². The van der Waals surface area contributed by atoms with Gasteiger partial charge < -0.3 is 5.32 Å². The molecular formula is C21H22N4O3S. The quantitative estimate of drug-likeness (QED) is 0.626. The van der Waals surface area contributed by atoms with E-state index in [4.69, 9.17) is 0 Å². The first kappa shape index (κ1) is 19.4. The van der Waals surface area contributed by atoms with E-state index in [1.54, 1.807) is 29.9 Å². The summed E-state index contributed by atoms with van der Waals surface area (Å²) < 4.78 is 29.3. The van der Waals surface area contributed by atoms with E-state index < -0.39 is 10.0 Å². The van der Waals surface area contributed by atoms with Crippen molar-refractivity contribution in [1.82, 2.24) is 14.5 Å². The first-order chi connectivity index (χ1) is 13.9. The molecule has 29 heavy (non-hydrogen) atoms. The number of carbonyl (C=O) groups is 1. The molecule has 0 spiro atoms. The Morgan fingerprint density at radius 1 is 1.14 bits per heavy atom. The van der Waals surface area contributed by atoms with Crippen molar-refractivity contribution in [3.8, 4) is 0 Å². The number of benzene rings is 2. The number of aryl methyl sites for hydroxylation is 1. The fourth-order valence-electron chi connectivity index (χ4n) is 3.01. The minimum Gasteiger partial charge on any atom is -0.307 e. The predicted molar refractivity (Wildman–Crippen MR) is 110 cm³/mol. The van der Waals surface area contributed by atoms with Crippen LogP contribution >= 0.6 is 0 Å². The lowest BCUT2D eigenvalue weighted by molar-refractivity contribution is 0.102. The fraction of sp³-hybridized carbons (Fsp3) is 0.238. The third kappa shape index (κ3) is 4.55. The van der Waals surface area contributed by atoms with Crippen molar-refractivity contribution in [1.29, 1.82) is 0 Å². The Morgan fingerprint density at radius 3 is 2.62 bits per heavy atom. The summed E-state index contributed by atoms with van der Waals surface area (Å²) in [5.74, 6) is 0.170. The maximum absolute atomic E-state index is 12.9. The summed E-state index contributed by atoms with van der Waals surface area (Å²) >= 11 is 0. The first-order valence-corrected chi connectivity index (χ1v) is 10.9. The number of carbonyl (C=O) groups excluding carboxylic acids is 1. The van der Waals surface area contributed by atoms with E-state index in [1.165, 1.54) is 12.1 Å². The zero-order chi connectivity index (χ0) is 20.4. The number of amides is 1. The highest BCUT2D eigenvalue weighted by Crippen LogP contribution is 2.23. The normalized spacial score (nSPS) is 14.0. The summed E-state index contributed by atoms with van der Waals surface area (Å²) in [6.45, 7) is 2.29. The molecular weight excluding hydrogens is 388 g/mol. The monoisotopic (exact) mass is 410 g/mol. The molecule has 1 aliphatic rings. The van der Waals surface area contributed by atoms with Crippen molar-refractivity contribution in [3.63, 3.8) is 0 Å². The maximum Gasteiger partial charge on any atom is 0.257 e. The van der Waals surface area contributed by atoms with Crippen molar-refractivity contribution >= 4 is 21.7 Å². The molecule has 3 aromatic rings. The van der Waals surface area contributed by atoms with Crippen LogP contribution in [0.25, 0.3) is 0 Å². The molecule has 1 amide bonds. The van der Waals surface area contributed by atoms with E-state index in [9.17, 15) is 13.2 Å². The van der Waals surface area contributed by atoms with E-state index >= 15 is 0 Å². The molecule has 4 rings (SSSR count). The molecule has 0 atom stereocenters. The molecule has 1 heterocycles. The number of anilines is 1. The van der Waals surface area contributed by atoms with Crippen molar-refractivity contribution in [2.45, 2.75) is 37.2 Å². The number of aromatic nitrogens is 2. The minimum absolute atomic E-state index is 0.00548. The fourth-order valence-corrected chi connectivity index (χ4v) is 4.34. The summed E-state index contributed by atoms with van der Waals surface area (Å²) in [6.07, 6.45) is 3.32. The van der Waals surface area contributed by atoms with Crippen LogP contribution in [0.15, 0.2) is 65.7 Å². The Balaban J connectivity index is 1.55. The molecule has 0 saturated heterocycles. The lowest BCUT2D eigenvalue weighted by Gasteiger charge is -2.12. The minimum atomic E-state index is -3.63. The van der Waals surface area contributed by atoms with Gasteiger partial charge in [-0.2, -0.15) is 5.10 Å². The van der Waals surface area contributed by atoms with Crippen LogP contribution in [0.1, 0.15) is 34.3 Å². The summed E-state index contributed by atoms with van der Waals surface area (Å²) in [4.78, 5) is 13.0. The molecule has 0 aliphatic heterocycles. The SMILES string of the molecule is Cc1ccc(S(=O)(=O)NC2CC2)cc1C(=O)Nc1ccnn1Cc1ccccc1. The van der Waals surface area contributed by atoms with Crippen LogP contribution in [0.2, 0.25) is 0 Å². The third-order valence-electron chi connectivity index (χ3n) is 4.80. The van der Waals surface area contributed by atoms with Crippen molar-refractivity contribution in [3.05, 3.63) is 77.5 Å². The van der Waals surface area contributed by atoms with Gasteiger partial charge in [0.15, 0.2) is 0 Å². The highest BCUT2D eigenvalue weighted by molar-refractivity contribution is 7.89. The Hall–Kier alpha value is -2.97. The lowest BCUT2D eigenvalue weighted by atomic mass is 10.1. The van der Waals surface area contributed by atoms with Gasteiger partial charge >= 0.3 is 0 Å². The predicted octanol–water partition coefficient (Wildman–Crippen LogP) is 2.93. The molecule has 0 radical (unpaired) electrons. The summed E-state index contributed by atoms with van der Waals surface area (Å²) in [6, 6.07) is 16.1. The third-order valence-corrected chi connectivity index (χ3v) is 6.31. The molecule has 1 saturated carbocycles. The van der Waals surface area contributed by atoms with Gasteiger partial charge in [0.05, 0.1) is 17.6 Å². The number of nitrogens with zero attached hydrogens (tertiary/aromatic N) is 2. The topological polar surface area (TPSA) is 93.1 Å². The van der Waals surface area contributed by atoms with Crippen LogP contribution in [-0.4, -0.2) is 30.1 Å². The highest BCUT2D eigenvalue weighted by atomic mass is 32.2. The first-order valence-electron chi connectivity index (χ1n) is 9.42. The second-order valence-corrected chi connectivity index (χ2v) is 8.90. The van der Waals surface area contributed by atoms with Crippen molar-refractivity contribution < 1.29 is 13.2 Å². The number of nitrogens with one attached hydrogen (secondary N) is 2. The number of rotatable bonds is 7. The molecule has 1 fully saturated rings. The van der Waals surface area contributed by atoms with E-state index in [-0.39, 0.29) is 16.8 Å². The van der Waals surface area contributed by atoms with E-state index in [2.05, 4.69) is 15.1 Å². The summed E-state index contributed by atoms with van der Waals surface area (Å²) in [7, 11) is -3.63. The Bertz CT molecular complexity index is 1140. The zero-order valence-electron chi connectivity index (χ0n) is 16.0. The molecule has 0 unspecified atom stereocenters. The molecule has 2 N–H and O–H groups in total. The Kier molecular flexibility index (Phi) is 5.21. The lowest BCUT2D eigenvalue weighted by Crippen LogP contribution is -2.26. The largest absolute Gasteiger partial charge is 0.307 e. The number of hydrogen-bond acceptors (Lipinski definition) is 4. The molecule has 1 aliphatic carbocycles. The standard InChI is InChI=1S/C21H22N4O3S/c1-15-7-10-18(29(27,28)24-17-8-9-17)13-19(15)21(26)23-20-11-12-22-25(20)14-16-5-3-2-4-6-16/h2-7,10-13,17,24H,8-9,14H2,1H3,(H,23,26). The zero-order valence-corrected chi connectivity index (χ0v) is 16.8. The van der Waals surface area contributed by atoms with Crippen LogP contribution in [-0.2, 0) is 16.6 Å². The van der Waals surface area contributed by atoms with Crippen molar-refractivity contribution in [2.24, 2.45) is 0 Å². The van der Waals surface area contributed by atoms with Gasteiger partial charge in [-0.25, -0.2) is 17.8 Å².